The second kappa shape index (κ2) is 10.2. The summed E-state index contributed by atoms with van der Waals surface area (Å²) in [4.78, 5) is 25.0. The van der Waals surface area contributed by atoms with Crippen LogP contribution in [0, 0.1) is 11.6 Å². The van der Waals surface area contributed by atoms with Gasteiger partial charge in [-0.25, -0.2) is 18.3 Å². The number of nitrogens with one attached hydrogen (secondary N) is 1. The zero-order valence-corrected chi connectivity index (χ0v) is 18.9. The molecule has 4 rings (SSSR count). The Labute approximate surface area is 199 Å². The number of para-hydroxylation sites is 2. The lowest BCUT2D eigenvalue weighted by Crippen LogP contribution is -2.12. The highest BCUT2D eigenvalue weighted by molar-refractivity contribution is 6.04. The van der Waals surface area contributed by atoms with E-state index in [9.17, 15) is 18.4 Å². The Kier molecular flexibility index (Phi) is 6.86. The summed E-state index contributed by atoms with van der Waals surface area (Å²) in [5, 5.41) is 7.11. The molecule has 9 heteroatoms. The number of anilines is 1. The lowest BCUT2D eigenvalue weighted by atomic mass is 10.1. The first-order valence-electron chi connectivity index (χ1n) is 10.7. The van der Waals surface area contributed by atoms with Crippen LogP contribution in [-0.2, 0) is 4.74 Å². The van der Waals surface area contributed by atoms with Gasteiger partial charge < -0.3 is 14.8 Å². The summed E-state index contributed by atoms with van der Waals surface area (Å²) >= 11 is 0. The fourth-order valence-electron chi connectivity index (χ4n) is 3.48. The van der Waals surface area contributed by atoms with Crippen LogP contribution in [0.15, 0.2) is 72.8 Å². The van der Waals surface area contributed by atoms with Gasteiger partial charge in [-0.3, -0.25) is 4.79 Å². The molecule has 0 aliphatic heterocycles. The molecule has 1 heterocycles. The van der Waals surface area contributed by atoms with Gasteiger partial charge in [0.1, 0.15) is 11.4 Å². The monoisotopic (exact) mass is 477 g/mol. The summed E-state index contributed by atoms with van der Waals surface area (Å²) in [5.74, 6) is -2.80. The van der Waals surface area contributed by atoms with E-state index < -0.39 is 23.5 Å². The molecule has 7 nitrogen and oxygen atoms in total. The summed E-state index contributed by atoms with van der Waals surface area (Å²) in [7, 11) is 1.53. The number of rotatable bonds is 7. The largest absolute Gasteiger partial charge is 0.494 e. The number of esters is 1. The number of halogens is 2. The maximum atomic E-state index is 13.5. The SMILES string of the molecule is CCOC(=O)c1cc(-c2cccc(NC(=O)c3ccc(F)c(F)c3)c2)n(-c2ccccc2OC)n1. The van der Waals surface area contributed by atoms with Crippen molar-refractivity contribution in [2.24, 2.45) is 0 Å². The Balaban J connectivity index is 1.73. The minimum atomic E-state index is -1.11. The van der Waals surface area contributed by atoms with Gasteiger partial charge in [0.2, 0.25) is 0 Å². The number of carbonyl (C=O) groups is 2. The Morgan fingerprint density at radius 3 is 2.51 bits per heavy atom. The molecule has 0 aliphatic rings. The van der Waals surface area contributed by atoms with Crippen LogP contribution in [0.4, 0.5) is 14.5 Å². The van der Waals surface area contributed by atoms with Gasteiger partial charge in [0.15, 0.2) is 17.3 Å². The number of hydrogen-bond acceptors (Lipinski definition) is 5. The first-order chi connectivity index (χ1) is 16.9. The van der Waals surface area contributed by atoms with E-state index in [1.165, 1.54) is 13.2 Å². The molecule has 35 heavy (non-hydrogen) atoms. The average Bonchev–Trinajstić information content (AvgIpc) is 3.31. The van der Waals surface area contributed by atoms with Crippen molar-refractivity contribution in [3.63, 3.8) is 0 Å². The Hall–Kier alpha value is -4.53. The van der Waals surface area contributed by atoms with Gasteiger partial charge in [-0.05, 0) is 55.5 Å². The van der Waals surface area contributed by atoms with Gasteiger partial charge in [-0.15, -0.1) is 0 Å². The molecule has 0 saturated heterocycles. The number of carbonyl (C=O) groups excluding carboxylic acids is 2. The fraction of sp³-hybridized carbons (Fsp3) is 0.115. The van der Waals surface area contributed by atoms with Crippen molar-refractivity contribution in [2.75, 3.05) is 19.0 Å². The van der Waals surface area contributed by atoms with E-state index in [-0.39, 0.29) is 17.9 Å². The molecular formula is C26H21F2N3O4. The number of nitrogens with zero attached hydrogens (tertiary/aromatic N) is 2. The van der Waals surface area contributed by atoms with Gasteiger partial charge in [0, 0.05) is 16.8 Å². The van der Waals surface area contributed by atoms with Gasteiger partial charge >= 0.3 is 5.97 Å². The number of amides is 1. The van der Waals surface area contributed by atoms with Crippen LogP contribution in [-0.4, -0.2) is 35.4 Å². The molecule has 178 valence electrons. The molecule has 0 spiro atoms. The third kappa shape index (κ3) is 5.03. The Morgan fingerprint density at radius 1 is 0.971 bits per heavy atom. The summed E-state index contributed by atoms with van der Waals surface area (Å²) in [6.45, 7) is 1.90. The molecule has 0 radical (unpaired) electrons. The van der Waals surface area contributed by atoms with Crippen LogP contribution in [0.3, 0.4) is 0 Å². The predicted octanol–water partition coefficient (Wildman–Crippen LogP) is 5.26. The van der Waals surface area contributed by atoms with Crippen molar-refractivity contribution in [3.05, 3.63) is 95.7 Å². The van der Waals surface area contributed by atoms with Crippen molar-refractivity contribution in [2.45, 2.75) is 6.92 Å². The summed E-state index contributed by atoms with van der Waals surface area (Å²) in [5.41, 5.74) is 2.24. The third-order valence-electron chi connectivity index (χ3n) is 5.11. The molecular weight excluding hydrogens is 456 g/mol. The smallest absolute Gasteiger partial charge is 0.358 e. The minimum absolute atomic E-state index is 0.0297. The molecule has 0 saturated carbocycles. The molecule has 0 aliphatic carbocycles. The fourth-order valence-corrected chi connectivity index (χ4v) is 3.48. The Morgan fingerprint density at radius 2 is 1.77 bits per heavy atom. The van der Waals surface area contributed by atoms with Crippen molar-refractivity contribution >= 4 is 17.6 Å². The van der Waals surface area contributed by atoms with Crippen LogP contribution in [0.1, 0.15) is 27.8 Å². The van der Waals surface area contributed by atoms with Crippen molar-refractivity contribution in [1.29, 1.82) is 0 Å². The molecule has 0 bridgehead atoms. The van der Waals surface area contributed by atoms with E-state index in [0.717, 1.165) is 12.1 Å². The Bertz CT molecular complexity index is 1400. The predicted molar refractivity (Wildman–Crippen MR) is 126 cm³/mol. The topological polar surface area (TPSA) is 82.5 Å². The number of ether oxygens (including phenoxy) is 2. The molecule has 0 fully saturated rings. The maximum Gasteiger partial charge on any atom is 0.358 e. The molecule has 1 amide bonds. The van der Waals surface area contributed by atoms with E-state index in [1.807, 2.05) is 12.1 Å². The molecule has 1 aromatic heterocycles. The van der Waals surface area contributed by atoms with Crippen LogP contribution in [0.25, 0.3) is 16.9 Å². The number of hydrogen-bond donors (Lipinski definition) is 1. The molecule has 0 atom stereocenters. The van der Waals surface area contributed by atoms with E-state index in [4.69, 9.17) is 9.47 Å². The van der Waals surface area contributed by atoms with Gasteiger partial charge in [0.05, 0.1) is 19.4 Å². The first kappa shape index (κ1) is 23.6. The second-order valence-corrected chi connectivity index (χ2v) is 7.38. The van der Waals surface area contributed by atoms with E-state index in [0.29, 0.717) is 28.4 Å². The van der Waals surface area contributed by atoms with Crippen LogP contribution >= 0.6 is 0 Å². The van der Waals surface area contributed by atoms with E-state index in [1.54, 1.807) is 54.1 Å². The molecule has 1 N–H and O–H groups in total. The van der Waals surface area contributed by atoms with Crippen LogP contribution < -0.4 is 10.1 Å². The average molecular weight is 477 g/mol. The highest BCUT2D eigenvalue weighted by Crippen LogP contribution is 2.30. The summed E-state index contributed by atoms with van der Waals surface area (Å²) in [6.07, 6.45) is 0. The lowest BCUT2D eigenvalue weighted by molar-refractivity contribution is 0.0518. The maximum absolute atomic E-state index is 13.5. The lowest BCUT2D eigenvalue weighted by Gasteiger charge is -2.12. The van der Waals surface area contributed by atoms with Gasteiger partial charge in [-0.2, -0.15) is 5.10 Å². The van der Waals surface area contributed by atoms with Crippen molar-refractivity contribution in [1.82, 2.24) is 9.78 Å². The highest BCUT2D eigenvalue weighted by Gasteiger charge is 2.20. The van der Waals surface area contributed by atoms with E-state index in [2.05, 4.69) is 10.4 Å². The van der Waals surface area contributed by atoms with Crippen molar-refractivity contribution in [3.8, 4) is 22.7 Å². The number of aromatic nitrogens is 2. The van der Waals surface area contributed by atoms with Crippen LogP contribution in [0.5, 0.6) is 5.75 Å². The zero-order chi connectivity index (χ0) is 24.9. The van der Waals surface area contributed by atoms with Gasteiger partial charge in [0.25, 0.3) is 5.91 Å². The zero-order valence-electron chi connectivity index (χ0n) is 18.9. The summed E-state index contributed by atoms with van der Waals surface area (Å²) < 4.78 is 38.9. The standard InChI is InChI=1S/C26H21F2N3O4/c1-3-35-26(33)21-15-23(31(30-21)22-9-4-5-10-24(22)34-2)16-7-6-8-18(13-16)29-25(32)17-11-12-19(27)20(28)14-17/h4-15H,3H2,1-2H3,(H,29,32). The van der Waals surface area contributed by atoms with Crippen molar-refractivity contribution < 1.29 is 27.8 Å². The normalized spacial score (nSPS) is 10.6. The minimum Gasteiger partial charge on any atom is -0.494 e. The van der Waals surface area contributed by atoms with E-state index >= 15 is 0 Å². The molecule has 0 unspecified atom stereocenters. The molecule has 3 aromatic carbocycles. The second-order valence-electron chi connectivity index (χ2n) is 7.38. The first-order valence-corrected chi connectivity index (χ1v) is 10.7. The highest BCUT2D eigenvalue weighted by atomic mass is 19.2. The molecule has 4 aromatic rings. The van der Waals surface area contributed by atoms with Crippen LogP contribution in [0.2, 0.25) is 0 Å². The number of methoxy groups -OCH3 is 1. The van der Waals surface area contributed by atoms with Gasteiger partial charge in [-0.1, -0.05) is 24.3 Å². The quantitative estimate of drug-likeness (QED) is 0.368. The third-order valence-corrected chi connectivity index (χ3v) is 5.11. The summed E-state index contributed by atoms with van der Waals surface area (Å²) in [6, 6.07) is 18.5. The number of benzene rings is 3.